The fourth-order valence-corrected chi connectivity index (χ4v) is 2.23. The lowest BCUT2D eigenvalue weighted by Crippen LogP contribution is -2.43. The first-order valence-corrected chi connectivity index (χ1v) is 7.08. The number of methoxy groups -OCH3 is 1. The van der Waals surface area contributed by atoms with Gasteiger partial charge in [-0.25, -0.2) is 0 Å². The lowest BCUT2D eigenvalue weighted by molar-refractivity contribution is -0.123. The van der Waals surface area contributed by atoms with Gasteiger partial charge in [-0.05, 0) is 25.5 Å². The molecule has 1 aromatic rings. The van der Waals surface area contributed by atoms with Gasteiger partial charge >= 0.3 is 0 Å². The van der Waals surface area contributed by atoms with Crippen LogP contribution in [0, 0.1) is 0 Å². The van der Waals surface area contributed by atoms with Gasteiger partial charge in [0.25, 0.3) is 0 Å². The molecule has 6 nitrogen and oxygen atoms in total. The largest absolute Gasteiger partial charge is 0.497 e. The summed E-state index contributed by atoms with van der Waals surface area (Å²) in [6.45, 7) is 2.76. The maximum absolute atomic E-state index is 11.9. The fraction of sp³-hybridized carbons (Fsp3) is 0.533. The second kappa shape index (κ2) is 7.28. The van der Waals surface area contributed by atoms with Crippen LogP contribution in [0.25, 0.3) is 0 Å². The maximum Gasteiger partial charge on any atom is 0.237 e. The molecule has 1 aliphatic heterocycles. The van der Waals surface area contributed by atoms with Crippen molar-refractivity contribution < 1.29 is 19.4 Å². The standard InChI is InChI=1S/C15H22N2O4/c1-10(21-13-5-3-4-12(7-13)20-2)8-17-15(19)14-6-11(18)9-16-14/h3-5,7,10-11,14,16,18H,6,8-9H2,1-2H3,(H,17,19)/t10-,11+,14-/m1/s1. The van der Waals surface area contributed by atoms with Gasteiger partial charge in [-0.15, -0.1) is 0 Å². The monoisotopic (exact) mass is 294 g/mol. The number of aliphatic hydroxyl groups is 1. The van der Waals surface area contributed by atoms with Gasteiger partial charge in [0.1, 0.15) is 17.6 Å². The van der Waals surface area contributed by atoms with E-state index in [-0.39, 0.29) is 18.1 Å². The third kappa shape index (κ3) is 4.61. The minimum Gasteiger partial charge on any atom is -0.497 e. The molecule has 0 saturated carbocycles. The zero-order valence-corrected chi connectivity index (χ0v) is 12.3. The number of ether oxygens (including phenoxy) is 2. The van der Waals surface area contributed by atoms with Crippen LogP contribution in [0.4, 0.5) is 0 Å². The zero-order valence-electron chi connectivity index (χ0n) is 12.3. The van der Waals surface area contributed by atoms with Crippen LogP contribution < -0.4 is 20.1 Å². The van der Waals surface area contributed by atoms with Crippen molar-refractivity contribution in [3.63, 3.8) is 0 Å². The first-order valence-electron chi connectivity index (χ1n) is 7.08. The number of carbonyl (C=O) groups excluding carboxylic acids is 1. The van der Waals surface area contributed by atoms with E-state index in [1.165, 1.54) is 0 Å². The molecule has 1 saturated heterocycles. The van der Waals surface area contributed by atoms with Crippen molar-refractivity contribution in [2.45, 2.75) is 31.6 Å². The van der Waals surface area contributed by atoms with Crippen molar-refractivity contribution in [3.05, 3.63) is 24.3 Å². The number of nitrogens with one attached hydrogen (secondary N) is 2. The number of carbonyl (C=O) groups is 1. The first-order chi connectivity index (χ1) is 10.1. The van der Waals surface area contributed by atoms with Crippen LogP contribution >= 0.6 is 0 Å². The second-order valence-electron chi connectivity index (χ2n) is 5.20. The molecule has 6 heteroatoms. The van der Waals surface area contributed by atoms with Crippen molar-refractivity contribution in [3.8, 4) is 11.5 Å². The van der Waals surface area contributed by atoms with E-state index in [2.05, 4.69) is 10.6 Å². The number of rotatable bonds is 6. The Morgan fingerprint density at radius 1 is 1.52 bits per heavy atom. The summed E-state index contributed by atoms with van der Waals surface area (Å²) in [5, 5.41) is 15.2. The SMILES string of the molecule is COc1cccc(O[C@H](C)CNC(=O)[C@H]2C[C@H](O)CN2)c1. The highest BCUT2D eigenvalue weighted by molar-refractivity contribution is 5.82. The van der Waals surface area contributed by atoms with E-state index in [0.717, 1.165) is 5.75 Å². The van der Waals surface area contributed by atoms with Crippen molar-refractivity contribution in [1.29, 1.82) is 0 Å². The van der Waals surface area contributed by atoms with Gasteiger partial charge in [-0.1, -0.05) is 6.07 Å². The molecule has 21 heavy (non-hydrogen) atoms. The average molecular weight is 294 g/mol. The first kappa shape index (κ1) is 15.6. The number of amides is 1. The Hall–Kier alpha value is -1.79. The van der Waals surface area contributed by atoms with Gasteiger partial charge in [-0.3, -0.25) is 4.79 Å². The number of hydrogen-bond acceptors (Lipinski definition) is 5. The molecule has 0 unspecified atom stereocenters. The van der Waals surface area contributed by atoms with Gasteiger partial charge in [-0.2, -0.15) is 0 Å². The predicted octanol–water partition coefficient (Wildman–Crippen LogP) is 0.301. The summed E-state index contributed by atoms with van der Waals surface area (Å²) < 4.78 is 10.9. The zero-order chi connectivity index (χ0) is 15.2. The Kier molecular flexibility index (Phi) is 5.41. The Morgan fingerprint density at radius 2 is 2.29 bits per heavy atom. The maximum atomic E-state index is 11.9. The molecule has 2 rings (SSSR count). The van der Waals surface area contributed by atoms with E-state index in [4.69, 9.17) is 9.47 Å². The quantitative estimate of drug-likeness (QED) is 0.703. The molecular formula is C15H22N2O4. The van der Waals surface area contributed by atoms with Gasteiger partial charge in [0.05, 0.1) is 25.8 Å². The fourth-order valence-electron chi connectivity index (χ4n) is 2.23. The lowest BCUT2D eigenvalue weighted by Gasteiger charge is -2.17. The second-order valence-corrected chi connectivity index (χ2v) is 5.20. The molecule has 0 aromatic heterocycles. The number of benzene rings is 1. The Morgan fingerprint density at radius 3 is 2.95 bits per heavy atom. The molecule has 0 bridgehead atoms. The van der Waals surface area contributed by atoms with Crippen LogP contribution in [0.1, 0.15) is 13.3 Å². The summed E-state index contributed by atoms with van der Waals surface area (Å²) in [5.41, 5.74) is 0. The van der Waals surface area contributed by atoms with Crippen molar-refractivity contribution >= 4 is 5.91 Å². The number of hydrogen-bond donors (Lipinski definition) is 3. The van der Waals surface area contributed by atoms with Crippen molar-refractivity contribution in [1.82, 2.24) is 10.6 Å². The minimum atomic E-state index is -0.439. The predicted molar refractivity (Wildman–Crippen MR) is 78.5 cm³/mol. The van der Waals surface area contributed by atoms with Gasteiger partial charge in [0, 0.05) is 12.6 Å². The molecule has 3 N–H and O–H groups in total. The summed E-state index contributed by atoms with van der Waals surface area (Å²) >= 11 is 0. The molecule has 0 radical (unpaired) electrons. The molecule has 1 aliphatic rings. The molecule has 1 amide bonds. The molecule has 3 atom stereocenters. The van der Waals surface area contributed by atoms with Gasteiger partial charge < -0.3 is 25.2 Å². The van der Waals surface area contributed by atoms with E-state index in [1.807, 2.05) is 25.1 Å². The summed E-state index contributed by atoms with van der Waals surface area (Å²) in [6, 6.07) is 7.02. The Labute approximate surface area is 124 Å². The molecule has 116 valence electrons. The normalized spacial score (nSPS) is 22.6. The molecule has 0 spiro atoms. The van der Waals surface area contributed by atoms with Crippen molar-refractivity contribution in [2.75, 3.05) is 20.2 Å². The highest BCUT2D eigenvalue weighted by Crippen LogP contribution is 2.19. The topological polar surface area (TPSA) is 79.8 Å². The highest BCUT2D eigenvalue weighted by Gasteiger charge is 2.27. The smallest absolute Gasteiger partial charge is 0.237 e. The minimum absolute atomic E-state index is 0.104. The average Bonchev–Trinajstić information content (AvgIpc) is 2.91. The van der Waals surface area contributed by atoms with Crippen LogP contribution in [-0.2, 0) is 4.79 Å². The molecule has 1 fully saturated rings. The van der Waals surface area contributed by atoms with E-state index in [1.54, 1.807) is 13.2 Å². The molecule has 0 aliphatic carbocycles. The third-order valence-corrected chi connectivity index (χ3v) is 3.37. The summed E-state index contributed by atoms with van der Waals surface area (Å²) in [7, 11) is 1.60. The highest BCUT2D eigenvalue weighted by atomic mass is 16.5. The van der Waals surface area contributed by atoms with Crippen LogP contribution in [0.3, 0.4) is 0 Å². The summed E-state index contributed by atoms with van der Waals surface area (Å²) in [6.07, 6.45) is -0.143. The summed E-state index contributed by atoms with van der Waals surface area (Å²) in [4.78, 5) is 11.9. The van der Waals surface area contributed by atoms with E-state index in [9.17, 15) is 9.90 Å². The van der Waals surface area contributed by atoms with E-state index >= 15 is 0 Å². The van der Waals surface area contributed by atoms with Crippen molar-refractivity contribution in [2.24, 2.45) is 0 Å². The van der Waals surface area contributed by atoms with Crippen LogP contribution in [0.2, 0.25) is 0 Å². The molecular weight excluding hydrogens is 272 g/mol. The molecule has 1 aromatic carbocycles. The number of β-amino-alcohol motifs (C(OH)–C–C–N with tert-alkyl or cyclic N) is 1. The Balaban J connectivity index is 1.76. The van der Waals surface area contributed by atoms with Crippen LogP contribution in [0.15, 0.2) is 24.3 Å². The van der Waals surface area contributed by atoms with Gasteiger partial charge in [0.2, 0.25) is 5.91 Å². The molecule has 1 heterocycles. The van der Waals surface area contributed by atoms with E-state index in [0.29, 0.717) is 25.3 Å². The Bertz CT molecular complexity index is 480. The summed E-state index contributed by atoms with van der Waals surface area (Å²) in [5.74, 6) is 1.33. The number of aliphatic hydroxyl groups excluding tert-OH is 1. The van der Waals surface area contributed by atoms with Gasteiger partial charge in [0.15, 0.2) is 0 Å². The van der Waals surface area contributed by atoms with Crippen LogP contribution in [0.5, 0.6) is 11.5 Å². The lowest BCUT2D eigenvalue weighted by atomic mass is 10.2. The van der Waals surface area contributed by atoms with E-state index < -0.39 is 6.10 Å². The van der Waals surface area contributed by atoms with Crippen LogP contribution in [-0.4, -0.2) is 49.5 Å². The third-order valence-electron chi connectivity index (χ3n) is 3.37.